The average molecular weight is 336 g/mol. The SMILES string of the molecule is CCC(NC(=O)CC1CSCCN1)c1ccc2c(c1)OCCO2. The normalized spacial score (nSPS) is 21.5. The predicted molar refractivity (Wildman–Crippen MR) is 92.3 cm³/mol. The number of benzene rings is 1. The first-order valence-corrected chi connectivity index (χ1v) is 9.41. The third-order valence-electron chi connectivity index (χ3n) is 4.14. The predicted octanol–water partition coefficient (Wildman–Crippen LogP) is 2.12. The lowest BCUT2D eigenvalue weighted by Gasteiger charge is -2.25. The maximum absolute atomic E-state index is 12.3. The molecule has 6 heteroatoms. The van der Waals surface area contributed by atoms with E-state index in [-0.39, 0.29) is 18.0 Å². The third-order valence-corrected chi connectivity index (χ3v) is 5.27. The molecular weight excluding hydrogens is 312 g/mol. The summed E-state index contributed by atoms with van der Waals surface area (Å²) in [6, 6.07) is 6.22. The Morgan fingerprint density at radius 3 is 2.96 bits per heavy atom. The monoisotopic (exact) mass is 336 g/mol. The zero-order valence-electron chi connectivity index (χ0n) is 13.5. The summed E-state index contributed by atoms with van der Waals surface area (Å²) >= 11 is 1.91. The Labute approximate surface area is 141 Å². The second-order valence-corrected chi connectivity index (χ2v) is 7.01. The molecule has 2 aliphatic rings. The molecule has 3 rings (SSSR count). The van der Waals surface area contributed by atoms with Gasteiger partial charge in [-0.15, -0.1) is 0 Å². The molecule has 0 aromatic heterocycles. The lowest BCUT2D eigenvalue weighted by atomic mass is 10.0. The van der Waals surface area contributed by atoms with Gasteiger partial charge in [0, 0.05) is 30.5 Å². The molecule has 0 bridgehead atoms. The van der Waals surface area contributed by atoms with Crippen molar-refractivity contribution < 1.29 is 14.3 Å². The zero-order valence-corrected chi connectivity index (χ0v) is 14.3. The number of carbonyl (C=O) groups excluding carboxylic acids is 1. The van der Waals surface area contributed by atoms with E-state index >= 15 is 0 Å². The lowest BCUT2D eigenvalue weighted by molar-refractivity contribution is -0.122. The fraction of sp³-hybridized carbons (Fsp3) is 0.588. The van der Waals surface area contributed by atoms with Crippen LogP contribution in [-0.2, 0) is 4.79 Å². The largest absolute Gasteiger partial charge is 0.486 e. The molecule has 1 fully saturated rings. The van der Waals surface area contributed by atoms with E-state index in [4.69, 9.17) is 9.47 Å². The highest BCUT2D eigenvalue weighted by Gasteiger charge is 2.20. The Morgan fingerprint density at radius 2 is 2.22 bits per heavy atom. The van der Waals surface area contributed by atoms with Crippen molar-refractivity contribution in [2.24, 2.45) is 0 Å². The Balaban J connectivity index is 1.61. The van der Waals surface area contributed by atoms with Crippen LogP contribution in [0.5, 0.6) is 11.5 Å². The number of fused-ring (bicyclic) bond motifs is 1. The van der Waals surface area contributed by atoms with Gasteiger partial charge in [0.15, 0.2) is 11.5 Å². The van der Waals surface area contributed by atoms with Crippen LogP contribution in [0.2, 0.25) is 0 Å². The van der Waals surface area contributed by atoms with E-state index in [2.05, 4.69) is 17.6 Å². The van der Waals surface area contributed by atoms with Crippen molar-refractivity contribution in [1.82, 2.24) is 10.6 Å². The Bertz CT molecular complexity index is 547. The van der Waals surface area contributed by atoms with E-state index in [0.717, 1.165) is 41.5 Å². The summed E-state index contributed by atoms with van der Waals surface area (Å²) in [5.41, 5.74) is 1.07. The Kier molecular flexibility index (Phi) is 5.67. The molecule has 1 saturated heterocycles. The number of amides is 1. The molecule has 2 atom stereocenters. The van der Waals surface area contributed by atoms with Crippen LogP contribution in [0.15, 0.2) is 18.2 Å². The zero-order chi connectivity index (χ0) is 16.1. The van der Waals surface area contributed by atoms with Gasteiger partial charge in [0.05, 0.1) is 6.04 Å². The van der Waals surface area contributed by atoms with E-state index in [1.54, 1.807) is 0 Å². The first-order chi connectivity index (χ1) is 11.3. The molecule has 0 radical (unpaired) electrons. The van der Waals surface area contributed by atoms with Gasteiger partial charge < -0.3 is 20.1 Å². The van der Waals surface area contributed by atoms with E-state index in [1.165, 1.54) is 0 Å². The Hall–Kier alpha value is -1.40. The van der Waals surface area contributed by atoms with Gasteiger partial charge in [0.25, 0.3) is 0 Å². The molecule has 1 aromatic rings. The van der Waals surface area contributed by atoms with Crippen LogP contribution in [0.4, 0.5) is 0 Å². The number of hydrogen-bond acceptors (Lipinski definition) is 5. The summed E-state index contributed by atoms with van der Waals surface area (Å²) in [6.45, 7) is 4.23. The van der Waals surface area contributed by atoms with Crippen LogP contribution in [-0.4, -0.2) is 43.2 Å². The van der Waals surface area contributed by atoms with Crippen LogP contribution in [0.1, 0.15) is 31.4 Å². The molecule has 2 unspecified atom stereocenters. The van der Waals surface area contributed by atoms with E-state index in [0.29, 0.717) is 19.6 Å². The number of hydrogen-bond donors (Lipinski definition) is 2. The molecule has 126 valence electrons. The van der Waals surface area contributed by atoms with Crippen molar-refractivity contribution in [3.8, 4) is 11.5 Å². The second kappa shape index (κ2) is 7.93. The summed E-state index contributed by atoms with van der Waals surface area (Å²) in [5, 5.41) is 6.56. The van der Waals surface area contributed by atoms with Crippen molar-refractivity contribution >= 4 is 17.7 Å². The number of carbonyl (C=O) groups is 1. The van der Waals surface area contributed by atoms with Crippen molar-refractivity contribution in [2.45, 2.75) is 31.8 Å². The molecule has 5 nitrogen and oxygen atoms in total. The van der Waals surface area contributed by atoms with Gasteiger partial charge in [-0.05, 0) is 24.1 Å². The van der Waals surface area contributed by atoms with Gasteiger partial charge >= 0.3 is 0 Å². The van der Waals surface area contributed by atoms with Gasteiger partial charge in [-0.3, -0.25) is 4.79 Å². The summed E-state index contributed by atoms with van der Waals surface area (Å²) < 4.78 is 11.2. The fourth-order valence-electron chi connectivity index (χ4n) is 2.93. The van der Waals surface area contributed by atoms with Crippen LogP contribution in [0.3, 0.4) is 0 Å². The minimum absolute atomic E-state index is 0.00886. The average Bonchev–Trinajstić information content (AvgIpc) is 2.60. The number of rotatable bonds is 5. The molecular formula is C17H24N2O3S. The molecule has 1 amide bonds. The molecule has 2 N–H and O–H groups in total. The van der Waals surface area contributed by atoms with E-state index < -0.39 is 0 Å². The summed E-state index contributed by atoms with van der Waals surface area (Å²) in [6.07, 6.45) is 1.38. The Morgan fingerprint density at radius 1 is 1.39 bits per heavy atom. The second-order valence-electron chi connectivity index (χ2n) is 5.86. The van der Waals surface area contributed by atoms with Crippen molar-refractivity contribution in [3.63, 3.8) is 0 Å². The smallest absolute Gasteiger partial charge is 0.222 e. The van der Waals surface area contributed by atoms with Crippen LogP contribution >= 0.6 is 11.8 Å². The summed E-state index contributed by atoms with van der Waals surface area (Å²) in [5.74, 6) is 3.80. The molecule has 2 aliphatic heterocycles. The van der Waals surface area contributed by atoms with Gasteiger partial charge in [-0.25, -0.2) is 0 Å². The first kappa shape index (κ1) is 16.5. The standard InChI is InChI=1S/C17H24N2O3S/c1-2-14(19-17(20)10-13-11-23-8-5-18-13)12-3-4-15-16(9-12)22-7-6-21-15/h3-4,9,13-14,18H,2,5-8,10-11H2,1H3,(H,19,20). The number of ether oxygens (including phenoxy) is 2. The highest BCUT2D eigenvalue weighted by Crippen LogP contribution is 2.33. The van der Waals surface area contributed by atoms with Crippen LogP contribution in [0, 0.1) is 0 Å². The van der Waals surface area contributed by atoms with Crippen LogP contribution in [0.25, 0.3) is 0 Å². The molecule has 1 aromatic carbocycles. The summed E-state index contributed by atoms with van der Waals surface area (Å²) in [4.78, 5) is 12.3. The van der Waals surface area contributed by atoms with Gasteiger partial charge in [0.1, 0.15) is 13.2 Å². The summed E-state index contributed by atoms with van der Waals surface area (Å²) in [7, 11) is 0. The van der Waals surface area contributed by atoms with E-state index in [1.807, 2.05) is 30.0 Å². The highest BCUT2D eigenvalue weighted by molar-refractivity contribution is 7.99. The molecule has 0 spiro atoms. The maximum Gasteiger partial charge on any atom is 0.222 e. The first-order valence-electron chi connectivity index (χ1n) is 8.26. The van der Waals surface area contributed by atoms with Crippen molar-refractivity contribution in [2.75, 3.05) is 31.3 Å². The number of thioether (sulfide) groups is 1. The molecule has 2 heterocycles. The minimum Gasteiger partial charge on any atom is -0.486 e. The maximum atomic E-state index is 12.3. The highest BCUT2D eigenvalue weighted by atomic mass is 32.2. The van der Waals surface area contributed by atoms with Crippen molar-refractivity contribution in [1.29, 1.82) is 0 Å². The minimum atomic E-state index is 0.00886. The van der Waals surface area contributed by atoms with Crippen molar-refractivity contribution in [3.05, 3.63) is 23.8 Å². The van der Waals surface area contributed by atoms with E-state index in [9.17, 15) is 4.79 Å². The molecule has 0 saturated carbocycles. The van der Waals surface area contributed by atoms with Gasteiger partial charge in [-0.1, -0.05) is 13.0 Å². The van der Waals surface area contributed by atoms with Gasteiger partial charge in [-0.2, -0.15) is 11.8 Å². The lowest BCUT2D eigenvalue weighted by Crippen LogP contribution is -2.41. The number of nitrogens with one attached hydrogen (secondary N) is 2. The van der Waals surface area contributed by atoms with Crippen LogP contribution < -0.4 is 20.1 Å². The topological polar surface area (TPSA) is 59.6 Å². The molecule has 23 heavy (non-hydrogen) atoms. The third kappa shape index (κ3) is 4.32. The fourth-order valence-corrected chi connectivity index (χ4v) is 3.87. The quantitative estimate of drug-likeness (QED) is 0.862. The van der Waals surface area contributed by atoms with Gasteiger partial charge in [0.2, 0.25) is 5.91 Å². The molecule has 0 aliphatic carbocycles.